The second kappa shape index (κ2) is 7.95. The maximum Gasteiger partial charge on any atom is 0.244 e. The molecule has 124 valence electrons. The van der Waals surface area contributed by atoms with Crippen molar-refractivity contribution in [3.63, 3.8) is 0 Å². The van der Waals surface area contributed by atoms with Crippen molar-refractivity contribution in [1.82, 2.24) is 4.31 Å². The summed E-state index contributed by atoms with van der Waals surface area (Å²) in [6.45, 7) is 2.05. The highest BCUT2D eigenvalue weighted by molar-refractivity contribution is 7.89. The van der Waals surface area contributed by atoms with Gasteiger partial charge in [0.15, 0.2) is 0 Å². The van der Waals surface area contributed by atoms with Gasteiger partial charge in [0.1, 0.15) is 4.90 Å². The average Bonchev–Trinajstić information content (AvgIpc) is 2.50. The van der Waals surface area contributed by atoms with Gasteiger partial charge in [0, 0.05) is 24.7 Å². The Bertz CT molecular complexity index is 602. The minimum absolute atomic E-state index is 0.0594. The third-order valence-corrected chi connectivity index (χ3v) is 6.23. The number of halogens is 2. The molecule has 1 saturated heterocycles. The molecule has 0 aliphatic carbocycles. The maximum atomic E-state index is 12.7. The molecule has 5 nitrogen and oxygen atoms in total. The zero-order chi connectivity index (χ0) is 16.2. The highest BCUT2D eigenvalue weighted by atomic mass is 35.5. The fourth-order valence-corrected chi connectivity index (χ4v) is 4.59. The van der Waals surface area contributed by atoms with E-state index in [9.17, 15) is 8.42 Å². The lowest BCUT2D eigenvalue weighted by Crippen LogP contribution is -2.41. The SMILES string of the molecule is NCCCOC1CCN(S(=O)(=O)c2cc(Cl)ccc2Cl)CC1. The predicted molar refractivity (Wildman–Crippen MR) is 87.9 cm³/mol. The first-order valence-electron chi connectivity index (χ1n) is 7.22. The summed E-state index contributed by atoms with van der Waals surface area (Å²) in [5.74, 6) is 0. The van der Waals surface area contributed by atoms with Gasteiger partial charge in [-0.3, -0.25) is 0 Å². The van der Waals surface area contributed by atoms with Crippen LogP contribution >= 0.6 is 23.2 Å². The normalized spacial score (nSPS) is 17.8. The van der Waals surface area contributed by atoms with E-state index in [1.807, 2.05) is 0 Å². The Balaban J connectivity index is 2.02. The molecule has 2 N–H and O–H groups in total. The summed E-state index contributed by atoms with van der Waals surface area (Å²) >= 11 is 11.9. The molecule has 1 aliphatic heterocycles. The van der Waals surface area contributed by atoms with E-state index < -0.39 is 10.0 Å². The fraction of sp³-hybridized carbons (Fsp3) is 0.571. The van der Waals surface area contributed by atoms with E-state index >= 15 is 0 Å². The predicted octanol–water partition coefficient (Wildman–Crippen LogP) is 2.51. The summed E-state index contributed by atoms with van der Waals surface area (Å²) in [4.78, 5) is 0.0594. The molecule has 0 atom stereocenters. The Hall–Kier alpha value is -0.370. The molecule has 1 aliphatic rings. The third kappa shape index (κ3) is 4.34. The Morgan fingerprint density at radius 1 is 1.27 bits per heavy atom. The summed E-state index contributed by atoms with van der Waals surface area (Å²) in [6, 6.07) is 4.46. The van der Waals surface area contributed by atoms with Gasteiger partial charge < -0.3 is 10.5 Å². The lowest BCUT2D eigenvalue weighted by molar-refractivity contribution is 0.0209. The van der Waals surface area contributed by atoms with Crippen LogP contribution in [0.1, 0.15) is 19.3 Å². The van der Waals surface area contributed by atoms with E-state index in [1.165, 1.54) is 16.4 Å². The lowest BCUT2D eigenvalue weighted by atomic mass is 10.1. The molecule has 22 heavy (non-hydrogen) atoms. The highest BCUT2D eigenvalue weighted by Crippen LogP contribution is 2.29. The van der Waals surface area contributed by atoms with Crippen molar-refractivity contribution < 1.29 is 13.2 Å². The van der Waals surface area contributed by atoms with Gasteiger partial charge >= 0.3 is 0 Å². The molecule has 0 radical (unpaired) electrons. The number of hydrogen-bond donors (Lipinski definition) is 1. The smallest absolute Gasteiger partial charge is 0.244 e. The van der Waals surface area contributed by atoms with Crippen LogP contribution in [0.5, 0.6) is 0 Å². The van der Waals surface area contributed by atoms with Gasteiger partial charge in [-0.2, -0.15) is 4.31 Å². The summed E-state index contributed by atoms with van der Waals surface area (Å²) in [5, 5.41) is 0.536. The van der Waals surface area contributed by atoms with Crippen LogP contribution < -0.4 is 5.73 Å². The molecule has 1 aromatic rings. The minimum Gasteiger partial charge on any atom is -0.378 e. The number of nitrogens with zero attached hydrogens (tertiary/aromatic N) is 1. The van der Waals surface area contributed by atoms with Crippen LogP contribution in [-0.2, 0) is 14.8 Å². The van der Waals surface area contributed by atoms with Crippen molar-refractivity contribution in [3.05, 3.63) is 28.2 Å². The van der Waals surface area contributed by atoms with Gasteiger partial charge in [-0.05, 0) is 44.0 Å². The number of hydrogen-bond acceptors (Lipinski definition) is 4. The van der Waals surface area contributed by atoms with Crippen molar-refractivity contribution >= 4 is 33.2 Å². The quantitative estimate of drug-likeness (QED) is 0.785. The van der Waals surface area contributed by atoms with Gasteiger partial charge in [0.25, 0.3) is 0 Å². The number of ether oxygens (including phenoxy) is 1. The van der Waals surface area contributed by atoms with Crippen LogP contribution in [0.15, 0.2) is 23.1 Å². The standard InChI is InChI=1S/C14H20Cl2N2O3S/c15-11-2-3-13(16)14(10-11)22(19,20)18-7-4-12(5-8-18)21-9-1-6-17/h2-3,10,12H,1,4-9,17H2. The van der Waals surface area contributed by atoms with E-state index in [4.69, 9.17) is 33.7 Å². The first-order chi connectivity index (χ1) is 10.4. The van der Waals surface area contributed by atoms with Gasteiger partial charge in [-0.1, -0.05) is 23.2 Å². The highest BCUT2D eigenvalue weighted by Gasteiger charge is 2.31. The van der Waals surface area contributed by atoms with Crippen LogP contribution in [0.3, 0.4) is 0 Å². The molecule has 2 rings (SSSR count). The van der Waals surface area contributed by atoms with Gasteiger partial charge in [0.2, 0.25) is 10.0 Å². The van der Waals surface area contributed by atoms with Crippen LogP contribution in [0.4, 0.5) is 0 Å². The fourth-order valence-electron chi connectivity index (χ4n) is 2.39. The van der Waals surface area contributed by atoms with E-state index in [0.29, 0.717) is 44.1 Å². The number of rotatable bonds is 6. The molecule has 0 amide bonds. The molecular weight excluding hydrogens is 347 g/mol. The van der Waals surface area contributed by atoms with E-state index in [0.717, 1.165) is 6.42 Å². The first kappa shape index (κ1) is 18.0. The third-order valence-electron chi connectivity index (χ3n) is 3.61. The van der Waals surface area contributed by atoms with Gasteiger partial charge in [0.05, 0.1) is 11.1 Å². The molecular formula is C14H20Cl2N2O3S. The Labute approximate surface area is 141 Å². The maximum absolute atomic E-state index is 12.7. The Morgan fingerprint density at radius 2 is 1.95 bits per heavy atom. The molecule has 8 heteroatoms. The summed E-state index contributed by atoms with van der Waals surface area (Å²) in [7, 11) is -3.62. The number of sulfonamides is 1. The van der Waals surface area contributed by atoms with Gasteiger partial charge in [-0.25, -0.2) is 8.42 Å². The Kier molecular flexibility index (Phi) is 6.49. The van der Waals surface area contributed by atoms with Crippen molar-refractivity contribution in [2.75, 3.05) is 26.2 Å². The Morgan fingerprint density at radius 3 is 2.59 bits per heavy atom. The molecule has 1 heterocycles. The van der Waals surface area contributed by atoms with Crippen LogP contribution in [0.2, 0.25) is 10.0 Å². The van der Waals surface area contributed by atoms with Crippen molar-refractivity contribution in [2.45, 2.75) is 30.3 Å². The topological polar surface area (TPSA) is 72.6 Å². The zero-order valence-electron chi connectivity index (χ0n) is 12.2. The second-order valence-corrected chi connectivity index (χ2v) is 7.94. The molecule has 1 aromatic carbocycles. The number of nitrogens with two attached hydrogens (primary N) is 1. The number of piperidine rings is 1. The molecule has 0 unspecified atom stereocenters. The van der Waals surface area contributed by atoms with E-state index in [1.54, 1.807) is 6.07 Å². The second-order valence-electron chi connectivity index (χ2n) is 5.19. The summed E-state index contributed by atoms with van der Waals surface area (Å²) in [6.07, 6.45) is 2.24. The van der Waals surface area contributed by atoms with Crippen LogP contribution in [0.25, 0.3) is 0 Å². The molecule has 0 spiro atoms. The van der Waals surface area contributed by atoms with Crippen molar-refractivity contribution in [1.29, 1.82) is 0 Å². The minimum atomic E-state index is -3.62. The molecule has 1 fully saturated rings. The monoisotopic (exact) mass is 366 g/mol. The summed E-state index contributed by atoms with van der Waals surface area (Å²) in [5.41, 5.74) is 5.42. The zero-order valence-corrected chi connectivity index (χ0v) is 14.5. The molecule has 0 saturated carbocycles. The van der Waals surface area contributed by atoms with E-state index in [-0.39, 0.29) is 16.0 Å². The van der Waals surface area contributed by atoms with Crippen LogP contribution in [0, 0.1) is 0 Å². The summed E-state index contributed by atoms with van der Waals surface area (Å²) < 4.78 is 32.4. The van der Waals surface area contributed by atoms with Crippen molar-refractivity contribution in [3.8, 4) is 0 Å². The van der Waals surface area contributed by atoms with Gasteiger partial charge in [-0.15, -0.1) is 0 Å². The first-order valence-corrected chi connectivity index (χ1v) is 9.41. The number of benzene rings is 1. The molecule has 0 aromatic heterocycles. The average molecular weight is 367 g/mol. The lowest BCUT2D eigenvalue weighted by Gasteiger charge is -2.31. The molecule has 0 bridgehead atoms. The largest absolute Gasteiger partial charge is 0.378 e. The van der Waals surface area contributed by atoms with Crippen molar-refractivity contribution in [2.24, 2.45) is 5.73 Å². The van der Waals surface area contributed by atoms with Crippen LogP contribution in [-0.4, -0.2) is 45.1 Å². The van der Waals surface area contributed by atoms with E-state index in [2.05, 4.69) is 0 Å².